The third-order valence-corrected chi connectivity index (χ3v) is 5.58. The molecule has 0 bridgehead atoms. The van der Waals surface area contributed by atoms with Crippen LogP contribution in [0.2, 0.25) is 0 Å². The van der Waals surface area contributed by atoms with Gasteiger partial charge in [0.05, 0.1) is 19.8 Å². The molecule has 0 fully saturated rings. The lowest BCUT2D eigenvalue weighted by Gasteiger charge is -2.40. The topological polar surface area (TPSA) is 85.4 Å². The summed E-state index contributed by atoms with van der Waals surface area (Å²) in [5.41, 5.74) is 1.88. The minimum Gasteiger partial charge on any atom is -0.465 e. The zero-order chi connectivity index (χ0) is 25.3. The van der Waals surface area contributed by atoms with Crippen molar-refractivity contribution in [3.8, 4) is 0 Å². The van der Waals surface area contributed by atoms with Crippen molar-refractivity contribution in [3.63, 3.8) is 0 Å². The van der Waals surface area contributed by atoms with Gasteiger partial charge in [-0.25, -0.2) is 14.4 Å². The fourth-order valence-corrected chi connectivity index (χ4v) is 4.17. The number of carbonyl (C=O) groups excluding carboxylic acids is 3. The Morgan fingerprint density at radius 2 is 1.68 bits per heavy atom. The van der Waals surface area contributed by atoms with Crippen molar-refractivity contribution in [2.75, 3.05) is 25.7 Å². The molecular weight excluding hydrogens is 436 g/mol. The molecule has 0 aliphatic carbocycles. The second-order valence-corrected chi connectivity index (χ2v) is 9.88. The molecule has 1 aromatic carbocycles. The Hall–Kier alpha value is -3.55. The predicted molar refractivity (Wildman–Crippen MR) is 128 cm³/mol. The number of ether oxygens (including phenoxy) is 3. The number of rotatable bonds is 3. The molecule has 3 rings (SSSR count). The van der Waals surface area contributed by atoms with Crippen molar-refractivity contribution < 1.29 is 28.6 Å². The van der Waals surface area contributed by atoms with Crippen LogP contribution in [0.1, 0.15) is 45.7 Å². The lowest BCUT2D eigenvalue weighted by molar-refractivity contribution is -0.139. The third kappa shape index (κ3) is 5.16. The number of esters is 2. The average Bonchev–Trinajstić information content (AvgIpc) is 2.99. The van der Waals surface area contributed by atoms with E-state index in [9.17, 15) is 14.4 Å². The lowest BCUT2D eigenvalue weighted by atomic mass is 9.78. The zero-order valence-corrected chi connectivity index (χ0v) is 20.8. The van der Waals surface area contributed by atoms with Crippen LogP contribution in [0.4, 0.5) is 10.5 Å². The maximum atomic E-state index is 12.8. The molecule has 8 heteroatoms. The number of nitrogens with zero attached hydrogens (tertiary/aromatic N) is 2. The summed E-state index contributed by atoms with van der Waals surface area (Å²) >= 11 is 0. The summed E-state index contributed by atoms with van der Waals surface area (Å²) in [4.78, 5) is 41.3. The highest BCUT2D eigenvalue weighted by Gasteiger charge is 2.36. The molecule has 1 aromatic rings. The fourth-order valence-electron chi connectivity index (χ4n) is 4.17. The summed E-state index contributed by atoms with van der Waals surface area (Å²) in [6.07, 6.45) is 6.19. The van der Waals surface area contributed by atoms with E-state index in [1.807, 2.05) is 39.0 Å². The Morgan fingerprint density at radius 3 is 2.29 bits per heavy atom. The first-order valence-corrected chi connectivity index (χ1v) is 11.0. The highest BCUT2D eigenvalue weighted by atomic mass is 16.6. The summed E-state index contributed by atoms with van der Waals surface area (Å²) in [7, 11) is 2.52. The van der Waals surface area contributed by atoms with Crippen LogP contribution in [0, 0.1) is 0 Å². The van der Waals surface area contributed by atoms with Crippen LogP contribution in [0.25, 0.3) is 0 Å². The van der Waals surface area contributed by atoms with Gasteiger partial charge >= 0.3 is 18.0 Å². The van der Waals surface area contributed by atoms with Crippen LogP contribution in [0.3, 0.4) is 0 Å². The van der Waals surface area contributed by atoms with Crippen LogP contribution < -0.4 is 4.90 Å². The molecule has 2 aliphatic rings. The van der Waals surface area contributed by atoms with E-state index in [1.54, 1.807) is 28.2 Å². The van der Waals surface area contributed by atoms with E-state index in [0.29, 0.717) is 18.8 Å². The smallest absolute Gasteiger partial charge is 0.410 e. The average molecular weight is 469 g/mol. The quantitative estimate of drug-likeness (QED) is 0.485. The molecule has 0 N–H and O–H groups in total. The van der Waals surface area contributed by atoms with Crippen LogP contribution in [0.5, 0.6) is 0 Å². The number of fused-ring (bicyclic) bond motifs is 1. The van der Waals surface area contributed by atoms with Gasteiger partial charge in [-0.3, -0.25) is 0 Å². The van der Waals surface area contributed by atoms with Crippen molar-refractivity contribution in [2.24, 2.45) is 0 Å². The maximum absolute atomic E-state index is 12.8. The van der Waals surface area contributed by atoms with Gasteiger partial charge in [0.15, 0.2) is 0 Å². The Kier molecular flexibility index (Phi) is 6.91. The molecule has 2 aliphatic heterocycles. The van der Waals surface area contributed by atoms with Gasteiger partial charge in [-0.2, -0.15) is 0 Å². The van der Waals surface area contributed by atoms with Crippen molar-refractivity contribution >= 4 is 23.7 Å². The Bertz CT molecular complexity index is 1090. The van der Waals surface area contributed by atoms with Gasteiger partial charge < -0.3 is 24.0 Å². The number of methoxy groups -OCH3 is 2. The largest absolute Gasteiger partial charge is 0.465 e. The van der Waals surface area contributed by atoms with Crippen molar-refractivity contribution in [1.29, 1.82) is 0 Å². The molecule has 0 aromatic heterocycles. The van der Waals surface area contributed by atoms with E-state index < -0.39 is 17.5 Å². The van der Waals surface area contributed by atoms with Crippen LogP contribution >= 0.6 is 0 Å². The summed E-state index contributed by atoms with van der Waals surface area (Å²) in [6.45, 7) is 10.5. The number of amides is 1. The number of hydrogen-bond donors (Lipinski definition) is 0. The number of benzene rings is 1. The first kappa shape index (κ1) is 25.1. The molecule has 0 saturated heterocycles. The number of carbonyl (C=O) groups is 3. The predicted octanol–water partition coefficient (Wildman–Crippen LogP) is 4.20. The Labute approximate surface area is 200 Å². The Morgan fingerprint density at radius 1 is 1.00 bits per heavy atom. The SMILES string of the molecule is COC(=O)C1=C(C(=O)OC)N(c2ccc3c(c2)CN(C(=O)OC(C)(C)C)CC3(C)C)C=CC=C1. The van der Waals surface area contributed by atoms with Gasteiger partial charge in [0.1, 0.15) is 11.3 Å². The second kappa shape index (κ2) is 9.37. The molecule has 0 unspecified atom stereocenters. The fraction of sp³-hybridized carbons (Fsp3) is 0.423. The molecule has 0 saturated carbocycles. The minimum atomic E-state index is -0.676. The molecule has 0 spiro atoms. The van der Waals surface area contributed by atoms with E-state index in [-0.39, 0.29) is 22.8 Å². The van der Waals surface area contributed by atoms with Crippen LogP contribution in [-0.4, -0.2) is 49.3 Å². The summed E-state index contributed by atoms with van der Waals surface area (Å²) in [5.74, 6) is -1.33. The molecule has 34 heavy (non-hydrogen) atoms. The maximum Gasteiger partial charge on any atom is 0.410 e. The summed E-state index contributed by atoms with van der Waals surface area (Å²) in [5, 5.41) is 0. The van der Waals surface area contributed by atoms with E-state index >= 15 is 0 Å². The van der Waals surface area contributed by atoms with Gasteiger partial charge in [0, 0.05) is 30.4 Å². The van der Waals surface area contributed by atoms with Gasteiger partial charge in [0.25, 0.3) is 0 Å². The first-order chi connectivity index (χ1) is 15.9. The van der Waals surface area contributed by atoms with E-state index in [4.69, 9.17) is 14.2 Å². The lowest BCUT2D eigenvalue weighted by Crippen LogP contribution is -2.46. The second-order valence-electron chi connectivity index (χ2n) is 9.88. The zero-order valence-electron chi connectivity index (χ0n) is 20.8. The standard InChI is InChI=1S/C26H32N2O6/c1-25(2,3)34-24(31)27-15-17-14-18(11-12-20(17)26(4,5)16-27)28-13-9-8-10-19(22(29)32-6)21(28)23(30)33-7/h8-14H,15-16H2,1-7H3. The molecule has 0 atom stereocenters. The highest BCUT2D eigenvalue weighted by molar-refractivity contribution is 6.05. The van der Waals surface area contributed by atoms with Gasteiger partial charge in [0.2, 0.25) is 0 Å². The molecule has 1 amide bonds. The van der Waals surface area contributed by atoms with Crippen molar-refractivity contribution in [3.05, 3.63) is 65.0 Å². The molecule has 2 heterocycles. The van der Waals surface area contributed by atoms with E-state index in [0.717, 1.165) is 11.1 Å². The summed E-state index contributed by atoms with van der Waals surface area (Å²) in [6, 6.07) is 5.80. The summed E-state index contributed by atoms with van der Waals surface area (Å²) < 4.78 is 15.5. The molecule has 182 valence electrons. The van der Waals surface area contributed by atoms with Gasteiger partial charge in [-0.05, 0) is 56.2 Å². The monoisotopic (exact) mass is 468 g/mol. The van der Waals surface area contributed by atoms with Gasteiger partial charge in [-0.1, -0.05) is 26.0 Å². The highest BCUT2D eigenvalue weighted by Crippen LogP contribution is 2.37. The van der Waals surface area contributed by atoms with Crippen molar-refractivity contribution in [1.82, 2.24) is 4.90 Å². The number of allylic oxidation sites excluding steroid dienone is 2. The van der Waals surface area contributed by atoms with E-state index in [2.05, 4.69) is 13.8 Å². The van der Waals surface area contributed by atoms with Crippen molar-refractivity contribution in [2.45, 2.75) is 52.2 Å². The normalized spacial score (nSPS) is 17.1. The van der Waals surface area contributed by atoms with E-state index in [1.165, 1.54) is 20.3 Å². The first-order valence-electron chi connectivity index (χ1n) is 11.0. The van der Waals surface area contributed by atoms with Crippen LogP contribution in [0.15, 0.2) is 53.9 Å². The third-order valence-electron chi connectivity index (χ3n) is 5.58. The van der Waals surface area contributed by atoms with Gasteiger partial charge in [-0.15, -0.1) is 0 Å². The number of anilines is 1. The van der Waals surface area contributed by atoms with Crippen LogP contribution in [-0.2, 0) is 35.8 Å². The molecule has 8 nitrogen and oxygen atoms in total. The number of hydrogen-bond acceptors (Lipinski definition) is 7. The molecular formula is C26H32N2O6. The minimum absolute atomic E-state index is 0.0402. The Balaban J connectivity index is 2.07. The molecule has 0 radical (unpaired) electrons.